The van der Waals surface area contributed by atoms with E-state index in [1.54, 1.807) is 18.3 Å². The van der Waals surface area contributed by atoms with Gasteiger partial charge in [-0.3, -0.25) is 15.0 Å². The number of pyridine rings is 3. The van der Waals surface area contributed by atoms with Crippen LogP contribution >= 0.6 is 0 Å². The van der Waals surface area contributed by atoms with Crippen LogP contribution < -0.4 is 0 Å². The minimum atomic E-state index is 0.281. The maximum absolute atomic E-state index is 9.46. The summed E-state index contributed by atoms with van der Waals surface area (Å²) in [6.07, 6.45) is 4.43. The van der Waals surface area contributed by atoms with Crippen molar-refractivity contribution in [1.29, 1.82) is 5.26 Å². The second-order valence-corrected chi connectivity index (χ2v) is 13.8. The average Bonchev–Trinajstić information content (AvgIpc) is 3.26. The summed E-state index contributed by atoms with van der Waals surface area (Å²) in [7, 11) is 0. The van der Waals surface area contributed by atoms with Crippen LogP contribution in [0, 0.1) is 11.3 Å². The molecule has 0 spiro atoms. The number of fused-ring (bicyclic) bond motifs is 6. The molecule has 8 nitrogen and oxygen atoms in total. The molecule has 1 atom stereocenters. The van der Waals surface area contributed by atoms with Gasteiger partial charge >= 0.3 is 0 Å². The molecule has 0 amide bonds. The quantitative estimate of drug-likeness (QED) is 0.164. The molecule has 0 bridgehead atoms. The second kappa shape index (κ2) is 13.2. The normalized spacial score (nSPS) is 13.7. The van der Waals surface area contributed by atoms with E-state index >= 15 is 0 Å². The summed E-state index contributed by atoms with van der Waals surface area (Å²) in [6.45, 7) is 2.24. The molecule has 4 aromatic heterocycles. The van der Waals surface area contributed by atoms with Crippen molar-refractivity contribution in [3.05, 3.63) is 163 Å². The number of benzene rings is 5. The van der Waals surface area contributed by atoms with Crippen molar-refractivity contribution in [3.8, 4) is 51.5 Å². The lowest BCUT2D eigenvalue weighted by molar-refractivity contribution is 0.793. The van der Waals surface area contributed by atoms with Crippen molar-refractivity contribution >= 4 is 44.1 Å². The molecule has 5 aromatic carbocycles. The van der Waals surface area contributed by atoms with Crippen molar-refractivity contribution in [2.24, 2.45) is 4.99 Å². The molecule has 5 heterocycles. The number of hydrogen-bond acceptors (Lipinski definition) is 8. The van der Waals surface area contributed by atoms with Crippen LogP contribution in [0.3, 0.4) is 0 Å². The lowest BCUT2D eigenvalue weighted by Crippen LogP contribution is -2.12. The molecule has 1 aliphatic rings. The van der Waals surface area contributed by atoms with Crippen molar-refractivity contribution in [1.82, 2.24) is 29.9 Å². The van der Waals surface area contributed by atoms with Gasteiger partial charge in [0.2, 0.25) is 0 Å². The third-order valence-electron chi connectivity index (χ3n) is 10.3. The minimum Gasteiger partial charge on any atom is -0.254 e. The summed E-state index contributed by atoms with van der Waals surface area (Å²) in [6, 6.07) is 46.5. The highest BCUT2D eigenvalue weighted by atomic mass is 15.0. The Morgan fingerprint density at radius 1 is 0.527 bits per heavy atom. The first kappa shape index (κ1) is 32.2. The van der Waals surface area contributed by atoms with E-state index in [0.717, 1.165) is 84.0 Å². The van der Waals surface area contributed by atoms with Crippen LogP contribution in [0.1, 0.15) is 36.0 Å². The summed E-state index contributed by atoms with van der Waals surface area (Å²) in [5, 5.41) is 12.6. The van der Waals surface area contributed by atoms with Gasteiger partial charge in [-0.05, 0) is 78.1 Å². The van der Waals surface area contributed by atoms with Gasteiger partial charge in [0.05, 0.1) is 39.6 Å². The number of aromatic nitrogens is 6. The Balaban J connectivity index is 1.09. The van der Waals surface area contributed by atoms with Crippen LogP contribution in [0.4, 0.5) is 5.69 Å². The Hall–Kier alpha value is -7.50. The summed E-state index contributed by atoms with van der Waals surface area (Å²) in [4.78, 5) is 34.7. The van der Waals surface area contributed by atoms with E-state index in [0.29, 0.717) is 23.0 Å². The predicted molar refractivity (Wildman–Crippen MR) is 218 cm³/mol. The summed E-state index contributed by atoms with van der Waals surface area (Å²) in [5.41, 5.74) is 11.6. The lowest BCUT2D eigenvalue weighted by Gasteiger charge is -2.23. The molecule has 1 aliphatic heterocycles. The maximum atomic E-state index is 9.46. The van der Waals surface area contributed by atoms with Gasteiger partial charge in [0.25, 0.3) is 0 Å². The van der Waals surface area contributed by atoms with E-state index < -0.39 is 0 Å². The summed E-state index contributed by atoms with van der Waals surface area (Å²) < 4.78 is 0. The van der Waals surface area contributed by atoms with E-state index in [4.69, 9.17) is 29.9 Å². The molecule has 1 unspecified atom stereocenters. The van der Waals surface area contributed by atoms with Gasteiger partial charge in [-0.1, -0.05) is 85.8 Å². The van der Waals surface area contributed by atoms with Gasteiger partial charge in [-0.15, -0.1) is 0 Å². The molecular weight excluding hydrogens is 677 g/mol. The highest BCUT2D eigenvalue weighted by Crippen LogP contribution is 2.40. The van der Waals surface area contributed by atoms with Crippen LogP contribution in [-0.4, -0.2) is 35.6 Å². The van der Waals surface area contributed by atoms with Crippen molar-refractivity contribution in [3.63, 3.8) is 0 Å². The summed E-state index contributed by atoms with van der Waals surface area (Å²) in [5.74, 6) is 1.86. The fourth-order valence-electron chi connectivity index (χ4n) is 7.42. The van der Waals surface area contributed by atoms with Crippen LogP contribution in [0.2, 0.25) is 0 Å². The first-order chi connectivity index (χ1) is 27.1. The first-order valence-corrected chi connectivity index (χ1v) is 18.2. The fourth-order valence-corrected chi connectivity index (χ4v) is 7.42. The van der Waals surface area contributed by atoms with Crippen LogP contribution in [0.25, 0.3) is 78.1 Å². The lowest BCUT2D eigenvalue weighted by atomic mass is 9.87. The Bertz CT molecular complexity index is 3050. The van der Waals surface area contributed by atoms with E-state index in [-0.39, 0.29) is 5.92 Å². The predicted octanol–water partition coefficient (Wildman–Crippen LogP) is 10.7. The molecule has 8 heteroatoms. The average molecular weight is 707 g/mol. The van der Waals surface area contributed by atoms with Gasteiger partial charge < -0.3 is 0 Å². The monoisotopic (exact) mass is 706 g/mol. The Labute approximate surface area is 316 Å². The second-order valence-electron chi connectivity index (χ2n) is 13.8. The topological polar surface area (TPSA) is 113 Å². The van der Waals surface area contributed by atoms with Crippen molar-refractivity contribution < 1.29 is 0 Å². The largest absolute Gasteiger partial charge is 0.254 e. The Kier molecular flexibility index (Phi) is 7.70. The van der Waals surface area contributed by atoms with E-state index in [2.05, 4.69) is 78.6 Å². The van der Waals surface area contributed by atoms with Gasteiger partial charge in [0.15, 0.2) is 17.5 Å². The Morgan fingerprint density at radius 3 is 1.84 bits per heavy atom. The number of aliphatic imine (C=N–C) groups is 1. The molecule has 9 aromatic rings. The first-order valence-electron chi connectivity index (χ1n) is 18.2. The molecule has 0 saturated heterocycles. The smallest absolute Gasteiger partial charge is 0.164 e. The van der Waals surface area contributed by atoms with Crippen LogP contribution in [0.15, 0.2) is 151 Å². The third kappa shape index (κ3) is 5.85. The SMILES string of the molecule is CC1CC(c2cccc(-c3nc(-c4ccc(C#N)cc4)nc(-c4cccc(-c5ccc6ccc7cccnc7c6n5)c4)n3)c2)=Nc2c1ccc1cccnc21. The van der Waals surface area contributed by atoms with Gasteiger partial charge in [0.1, 0.15) is 0 Å². The number of nitriles is 1. The third-order valence-corrected chi connectivity index (χ3v) is 10.3. The van der Waals surface area contributed by atoms with Crippen molar-refractivity contribution in [2.45, 2.75) is 19.3 Å². The van der Waals surface area contributed by atoms with Crippen LogP contribution in [0.5, 0.6) is 0 Å². The Morgan fingerprint density at radius 2 is 1.11 bits per heavy atom. The number of rotatable bonds is 5. The highest BCUT2D eigenvalue weighted by Gasteiger charge is 2.23. The molecule has 0 saturated carbocycles. The van der Waals surface area contributed by atoms with Gasteiger partial charge in [0, 0.05) is 56.5 Å². The van der Waals surface area contributed by atoms with E-state index in [9.17, 15) is 5.26 Å². The van der Waals surface area contributed by atoms with Gasteiger partial charge in [-0.2, -0.15) is 5.26 Å². The summed E-state index contributed by atoms with van der Waals surface area (Å²) >= 11 is 0. The molecule has 0 N–H and O–H groups in total. The van der Waals surface area contributed by atoms with E-state index in [1.165, 1.54) is 5.56 Å². The number of hydrogen-bond donors (Lipinski definition) is 0. The van der Waals surface area contributed by atoms with Gasteiger partial charge in [-0.25, -0.2) is 19.9 Å². The molecule has 0 aliphatic carbocycles. The molecule has 258 valence electrons. The zero-order chi connectivity index (χ0) is 36.9. The molecule has 0 radical (unpaired) electrons. The zero-order valence-corrected chi connectivity index (χ0v) is 29.7. The van der Waals surface area contributed by atoms with Crippen LogP contribution in [-0.2, 0) is 0 Å². The number of nitrogens with zero attached hydrogens (tertiary/aromatic N) is 8. The van der Waals surface area contributed by atoms with E-state index in [1.807, 2.05) is 66.9 Å². The minimum absolute atomic E-state index is 0.281. The fraction of sp³-hybridized carbons (Fsp3) is 0.0638. The molecule has 10 rings (SSSR count). The highest BCUT2D eigenvalue weighted by molar-refractivity contribution is 6.07. The standard InChI is InChI=1S/C47H30N8/c1-28-24-40(52-44-38(28)20-18-31-11-5-23-50-42(31)44)35-7-3-9-37(26-35)47-54-45(33-14-12-29(27-48)13-15-33)53-46(55-47)36-8-2-6-34(25-36)39-21-19-32-17-16-30-10-4-22-49-41(30)43(32)51-39/h2-23,25-26,28H,24H2,1H3. The molecule has 0 fully saturated rings. The maximum Gasteiger partial charge on any atom is 0.164 e. The molecule has 55 heavy (non-hydrogen) atoms. The van der Waals surface area contributed by atoms with Crippen molar-refractivity contribution in [2.75, 3.05) is 0 Å². The zero-order valence-electron chi connectivity index (χ0n) is 29.7. The molecular formula is C47H30N8.